The van der Waals surface area contributed by atoms with E-state index < -0.39 is 0 Å². The molecule has 0 saturated carbocycles. The molecular formula is C11H18N2O2S. The number of nitrogens with one attached hydrogen (secondary N) is 1. The quantitative estimate of drug-likeness (QED) is 0.347. The van der Waals surface area contributed by atoms with Crippen molar-refractivity contribution in [1.29, 1.82) is 0 Å². The van der Waals surface area contributed by atoms with Crippen molar-refractivity contribution in [2.75, 3.05) is 5.75 Å². The Bertz CT molecular complexity index is 336. The first-order chi connectivity index (χ1) is 7.63. The summed E-state index contributed by atoms with van der Waals surface area (Å²) in [7, 11) is 0. The van der Waals surface area contributed by atoms with Crippen molar-refractivity contribution in [3.63, 3.8) is 0 Å². The van der Waals surface area contributed by atoms with Crippen LogP contribution in [0.3, 0.4) is 0 Å². The lowest BCUT2D eigenvalue weighted by Crippen LogP contribution is -2.29. The molecule has 90 valence electrons. The lowest BCUT2D eigenvalue weighted by Gasteiger charge is -2.02. The van der Waals surface area contributed by atoms with Gasteiger partial charge in [0.15, 0.2) is 0 Å². The number of hydrazine groups is 1. The maximum absolute atomic E-state index is 11.1. The van der Waals surface area contributed by atoms with E-state index in [1.54, 1.807) is 6.07 Å². The lowest BCUT2D eigenvalue weighted by molar-refractivity contribution is 0.0953. The summed E-state index contributed by atoms with van der Waals surface area (Å²) >= 11 is 1.81. The first-order valence-corrected chi connectivity index (χ1v) is 6.45. The molecule has 0 aliphatic rings. The maximum atomic E-state index is 11.1. The predicted molar refractivity (Wildman–Crippen MR) is 66.0 cm³/mol. The van der Waals surface area contributed by atoms with E-state index in [-0.39, 0.29) is 5.91 Å². The molecule has 5 heteroatoms. The Morgan fingerprint density at radius 3 is 3.00 bits per heavy atom. The Morgan fingerprint density at radius 1 is 1.62 bits per heavy atom. The van der Waals surface area contributed by atoms with Crippen LogP contribution in [0.4, 0.5) is 0 Å². The summed E-state index contributed by atoms with van der Waals surface area (Å²) in [4.78, 5) is 11.1. The number of nitrogens with two attached hydrogens (primary N) is 1. The third-order valence-electron chi connectivity index (χ3n) is 2.13. The first-order valence-electron chi connectivity index (χ1n) is 5.29. The number of rotatable bonds is 6. The van der Waals surface area contributed by atoms with Gasteiger partial charge in [-0.15, -0.1) is 0 Å². The minimum Gasteiger partial charge on any atom is -0.468 e. The van der Waals surface area contributed by atoms with E-state index in [1.807, 2.05) is 11.8 Å². The van der Waals surface area contributed by atoms with E-state index in [2.05, 4.69) is 19.3 Å². The summed E-state index contributed by atoms with van der Waals surface area (Å²) < 4.78 is 5.26. The van der Waals surface area contributed by atoms with Crippen molar-refractivity contribution in [2.45, 2.75) is 26.0 Å². The van der Waals surface area contributed by atoms with Crippen LogP contribution >= 0.6 is 11.8 Å². The molecule has 0 fully saturated rings. The monoisotopic (exact) mass is 242 g/mol. The molecule has 0 spiro atoms. The third kappa shape index (κ3) is 4.28. The van der Waals surface area contributed by atoms with Gasteiger partial charge in [-0.2, -0.15) is 11.8 Å². The maximum Gasteiger partial charge on any atom is 0.268 e. The van der Waals surface area contributed by atoms with Gasteiger partial charge in [-0.25, -0.2) is 5.84 Å². The van der Waals surface area contributed by atoms with Crippen molar-refractivity contribution in [2.24, 2.45) is 11.8 Å². The van der Waals surface area contributed by atoms with Gasteiger partial charge < -0.3 is 4.42 Å². The summed E-state index contributed by atoms with van der Waals surface area (Å²) in [6.45, 7) is 4.41. The van der Waals surface area contributed by atoms with E-state index in [9.17, 15) is 4.79 Å². The average Bonchev–Trinajstić information content (AvgIpc) is 2.71. The molecule has 0 saturated heterocycles. The van der Waals surface area contributed by atoms with Crippen LogP contribution < -0.4 is 11.3 Å². The average molecular weight is 242 g/mol. The van der Waals surface area contributed by atoms with Gasteiger partial charge in [-0.1, -0.05) is 13.8 Å². The number of amides is 1. The van der Waals surface area contributed by atoms with Crippen molar-refractivity contribution >= 4 is 17.7 Å². The zero-order valence-corrected chi connectivity index (χ0v) is 10.5. The number of hydrogen-bond donors (Lipinski definition) is 2. The second-order valence-electron chi connectivity index (χ2n) is 4.01. The molecule has 0 aliphatic heterocycles. The van der Waals surface area contributed by atoms with Gasteiger partial charge in [0.05, 0.1) is 11.3 Å². The molecule has 3 N–H and O–H groups in total. The Balaban J connectivity index is 2.32. The highest BCUT2D eigenvalue weighted by Crippen LogP contribution is 2.17. The summed E-state index contributed by atoms with van der Waals surface area (Å²) in [5.41, 5.74) is 2.55. The van der Waals surface area contributed by atoms with E-state index in [4.69, 9.17) is 10.3 Å². The number of carbonyl (C=O) groups is 1. The third-order valence-corrected chi connectivity index (χ3v) is 3.14. The minimum absolute atomic E-state index is 0.317. The Morgan fingerprint density at radius 2 is 2.38 bits per heavy atom. The van der Waals surface area contributed by atoms with Crippen LogP contribution in [0.2, 0.25) is 0 Å². The Labute approximate surface area is 99.9 Å². The zero-order valence-electron chi connectivity index (χ0n) is 9.66. The van der Waals surface area contributed by atoms with Crippen molar-refractivity contribution in [1.82, 2.24) is 5.43 Å². The summed E-state index contributed by atoms with van der Waals surface area (Å²) in [5.74, 6) is 8.15. The van der Waals surface area contributed by atoms with Crippen LogP contribution in [0.15, 0.2) is 16.7 Å². The van der Waals surface area contributed by atoms with Gasteiger partial charge in [0.1, 0.15) is 12.0 Å². The van der Waals surface area contributed by atoms with Crippen molar-refractivity contribution < 1.29 is 9.21 Å². The highest BCUT2D eigenvalue weighted by atomic mass is 32.2. The Hall–Kier alpha value is -0.940. The van der Waals surface area contributed by atoms with E-state index in [0.29, 0.717) is 5.56 Å². The van der Waals surface area contributed by atoms with Crippen LogP contribution in [0, 0.1) is 5.92 Å². The van der Waals surface area contributed by atoms with Gasteiger partial charge in [0.2, 0.25) is 0 Å². The zero-order chi connectivity index (χ0) is 12.0. The molecule has 1 aromatic rings. The molecule has 1 heterocycles. The van der Waals surface area contributed by atoms with Gasteiger partial charge in [0, 0.05) is 0 Å². The Kier molecular flexibility index (Phi) is 5.42. The van der Waals surface area contributed by atoms with Crippen LogP contribution in [-0.4, -0.2) is 11.7 Å². The molecule has 0 unspecified atom stereocenters. The molecule has 1 rings (SSSR count). The normalized spacial score (nSPS) is 10.8. The van der Waals surface area contributed by atoms with Crippen LogP contribution in [-0.2, 0) is 5.75 Å². The molecule has 0 aromatic carbocycles. The van der Waals surface area contributed by atoms with Gasteiger partial charge in [-0.3, -0.25) is 10.2 Å². The van der Waals surface area contributed by atoms with Gasteiger partial charge >= 0.3 is 0 Å². The summed E-state index contributed by atoms with van der Waals surface area (Å²) in [6, 6.07) is 1.73. The van der Waals surface area contributed by atoms with Crippen molar-refractivity contribution in [3.05, 3.63) is 23.7 Å². The molecule has 0 bridgehead atoms. The van der Waals surface area contributed by atoms with Crippen LogP contribution in [0.25, 0.3) is 0 Å². The van der Waals surface area contributed by atoms with Crippen molar-refractivity contribution in [3.8, 4) is 0 Å². The van der Waals surface area contributed by atoms with Gasteiger partial charge in [0.25, 0.3) is 5.91 Å². The minimum atomic E-state index is -0.317. The highest BCUT2D eigenvalue weighted by molar-refractivity contribution is 7.98. The lowest BCUT2D eigenvalue weighted by atomic mass is 10.2. The van der Waals surface area contributed by atoms with E-state index >= 15 is 0 Å². The SMILES string of the molecule is CC(C)CCSCc1cc(C(=O)NN)co1. The first kappa shape index (κ1) is 13.1. The predicted octanol–water partition coefficient (Wildman–Crippen LogP) is 2.16. The largest absolute Gasteiger partial charge is 0.468 e. The molecule has 0 aliphatic carbocycles. The molecule has 1 aromatic heterocycles. The topological polar surface area (TPSA) is 68.3 Å². The summed E-state index contributed by atoms with van der Waals surface area (Å²) in [6.07, 6.45) is 2.63. The van der Waals surface area contributed by atoms with Crippen LogP contribution in [0.5, 0.6) is 0 Å². The number of hydrogen-bond acceptors (Lipinski definition) is 4. The molecule has 4 nitrogen and oxygen atoms in total. The summed E-state index contributed by atoms with van der Waals surface area (Å²) in [5, 5.41) is 0. The standard InChI is InChI=1S/C11H18N2O2S/c1-8(2)3-4-16-7-10-5-9(6-15-10)11(14)13-12/h5-6,8H,3-4,7,12H2,1-2H3,(H,13,14). The second-order valence-corrected chi connectivity index (χ2v) is 5.12. The van der Waals surface area contributed by atoms with Crippen LogP contribution in [0.1, 0.15) is 36.4 Å². The number of furan rings is 1. The molecule has 1 amide bonds. The molecular weight excluding hydrogens is 224 g/mol. The highest BCUT2D eigenvalue weighted by Gasteiger charge is 2.08. The fourth-order valence-electron chi connectivity index (χ4n) is 1.15. The number of thioether (sulfide) groups is 1. The second kappa shape index (κ2) is 6.60. The number of nitrogen functional groups attached to an aromatic ring is 1. The molecule has 16 heavy (non-hydrogen) atoms. The van der Waals surface area contributed by atoms with Gasteiger partial charge in [-0.05, 0) is 24.2 Å². The van der Waals surface area contributed by atoms with E-state index in [1.165, 1.54) is 12.7 Å². The fraction of sp³-hybridized carbons (Fsp3) is 0.545. The van der Waals surface area contributed by atoms with E-state index in [0.717, 1.165) is 23.2 Å². The number of carbonyl (C=O) groups excluding carboxylic acids is 1. The molecule has 0 atom stereocenters. The fourth-order valence-corrected chi connectivity index (χ4v) is 2.29. The smallest absolute Gasteiger partial charge is 0.268 e. The molecule has 0 radical (unpaired) electrons.